The van der Waals surface area contributed by atoms with Crippen molar-refractivity contribution < 1.29 is 19.1 Å². The molecule has 2 aromatic carbocycles. The Morgan fingerprint density at radius 2 is 1.58 bits per heavy atom. The van der Waals surface area contributed by atoms with Crippen LogP contribution in [0, 0.1) is 0 Å². The van der Waals surface area contributed by atoms with Gasteiger partial charge >= 0.3 is 5.97 Å². The second kappa shape index (κ2) is 18.9. The number of nitrogens with zero attached hydrogens (tertiary/aromatic N) is 1. The lowest BCUT2D eigenvalue weighted by atomic mass is 10.1. The van der Waals surface area contributed by atoms with E-state index in [0.717, 1.165) is 29.3 Å². The van der Waals surface area contributed by atoms with Crippen LogP contribution in [0.25, 0.3) is 6.08 Å². The normalized spacial score (nSPS) is 11.1. The maximum atomic E-state index is 12.3. The number of ether oxygens (including phenoxy) is 1. The molecule has 7 nitrogen and oxygen atoms in total. The van der Waals surface area contributed by atoms with Crippen molar-refractivity contribution in [2.75, 3.05) is 6.54 Å². The molecular weight excluding hydrogens is 546 g/mol. The molecule has 0 aliphatic heterocycles. The number of amides is 2. The molecule has 0 aliphatic rings. The molecule has 0 bridgehead atoms. The van der Waals surface area contributed by atoms with Crippen LogP contribution in [0.15, 0.2) is 64.2 Å². The summed E-state index contributed by atoms with van der Waals surface area (Å²) in [7, 11) is 0. The second-order valence-corrected chi connectivity index (χ2v) is 9.91. The first-order valence-electron chi connectivity index (χ1n) is 13.3. The molecule has 2 aromatic rings. The predicted molar refractivity (Wildman–Crippen MR) is 156 cm³/mol. The topological polar surface area (TPSA) is 96.9 Å². The Morgan fingerprint density at radius 1 is 0.895 bits per heavy atom. The van der Waals surface area contributed by atoms with E-state index >= 15 is 0 Å². The summed E-state index contributed by atoms with van der Waals surface area (Å²) in [5.74, 6) is -0.828. The number of benzene rings is 2. The van der Waals surface area contributed by atoms with Crippen LogP contribution in [0.4, 0.5) is 0 Å². The Balaban J connectivity index is 1.70. The molecule has 0 spiro atoms. The lowest BCUT2D eigenvalue weighted by Gasteiger charge is -2.07. The van der Waals surface area contributed by atoms with Crippen LogP contribution in [0.5, 0.6) is 5.75 Å². The Labute approximate surface area is 234 Å². The summed E-state index contributed by atoms with van der Waals surface area (Å²) in [5.41, 5.74) is 3.76. The highest BCUT2D eigenvalue weighted by atomic mass is 79.9. The molecule has 0 heterocycles. The van der Waals surface area contributed by atoms with Gasteiger partial charge in [0.1, 0.15) is 5.75 Å². The Hall–Kier alpha value is -3.26. The van der Waals surface area contributed by atoms with Gasteiger partial charge in [0.25, 0.3) is 5.91 Å². The molecule has 38 heavy (non-hydrogen) atoms. The summed E-state index contributed by atoms with van der Waals surface area (Å²) in [6.45, 7) is 2.06. The van der Waals surface area contributed by atoms with Crippen LogP contribution < -0.4 is 15.5 Å². The summed E-state index contributed by atoms with van der Waals surface area (Å²) in [4.78, 5) is 36.3. The monoisotopic (exact) mass is 583 g/mol. The minimum Gasteiger partial charge on any atom is -0.423 e. The molecule has 204 valence electrons. The van der Waals surface area contributed by atoms with Crippen molar-refractivity contribution in [1.82, 2.24) is 10.7 Å². The number of halogens is 1. The number of rotatable bonds is 17. The molecule has 2 N–H and O–H groups in total. The van der Waals surface area contributed by atoms with Gasteiger partial charge in [-0.3, -0.25) is 9.59 Å². The maximum absolute atomic E-state index is 12.3. The van der Waals surface area contributed by atoms with Gasteiger partial charge in [-0.25, -0.2) is 10.2 Å². The Kier molecular flexibility index (Phi) is 15.4. The average molecular weight is 585 g/mol. The van der Waals surface area contributed by atoms with E-state index in [1.165, 1.54) is 50.8 Å². The summed E-state index contributed by atoms with van der Waals surface area (Å²) >= 11 is 3.38. The van der Waals surface area contributed by atoms with Gasteiger partial charge in [0.15, 0.2) is 0 Å². The fourth-order valence-corrected chi connectivity index (χ4v) is 4.04. The Morgan fingerprint density at radius 3 is 2.29 bits per heavy atom. The molecule has 0 saturated carbocycles. The lowest BCUT2D eigenvalue weighted by molar-refractivity contribution is -0.129. The van der Waals surface area contributed by atoms with E-state index in [9.17, 15) is 14.4 Å². The van der Waals surface area contributed by atoms with E-state index < -0.39 is 11.9 Å². The van der Waals surface area contributed by atoms with Crippen LogP contribution in [-0.2, 0) is 14.4 Å². The van der Waals surface area contributed by atoms with Crippen LogP contribution in [0.2, 0.25) is 0 Å². The van der Waals surface area contributed by atoms with Gasteiger partial charge < -0.3 is 10.1 Å². The SMILES string of the molecule is CCCCCCCCCCCC(=O)NCC(=O)NN=Cc1cc(Br)ccc1OC(=O)C=Cc1ccccc1. The number of hydrazone groups is 1. The number of carbonyl (C=O) groups is 3. The van der Waals surface area contributed by atoms with E-state index in [4.69, 9.17) is 4.74 Å². The van der Waals surface area contributed by atoms with Gasteiger partial charge in [-0.2, -0.15) is 5.10 Å². The van der Waals surface area contributed by atoms with E-state index in [1.807, 2.05) is 30.3 Å². The lowest BCUT2D eigenvalue weighted by Crippen LogP contribution is -2.34. The molecule has 0 radical (unpaired) electrons. The predicted octanol–water partition coefficient (Wildman–Crippen LogP) is 6.56. The molecule has 0 aromatic heterocycles. The molecule has 8 heteroatoms. The van der Waals surface area contributed by atoms with Crippen molar-refractivity contribution in [3.63, 3.8) is 0 Å². The van der Waals surface area contributed by atoms with Crippen molar-refractivity contribution in [2.45, 2.75) is 71.1 Å². The zero-order valence-corrected chi connectivity index (χ0v) is 23.7. The van der Waals surface area contributed by atoms with Crippen molar-refractivity contribution in [3.8, 4) is 5.75 Å². The minimum absolute atomic E-state index is 0.142. The van der Waals surface area contributed by atoms with Crippen molar-refractivity contribution in [1.29, 1.82) is 0 Å². The average Bonchev–Trinajstić information content (AvgIpc) is 2.92. The maximum Gasteiger partial charge on any atom is 0.336 e. The molecule has 0 unspecified atom stereocenters. The fraction of sp³-hybridized carbons (Fsp3) is 0.400. The number of carbonyl (C=O) groups excluding carboxylic acids is 3. The largest absolute Gasteiger partial charge is 0.423 e. The van der Waals surface area contributed by atoms with Gasteiger partial charge in [0.2, 0.25) is 5.91 Å². The van der Waals surface area contributed by atoms with Crippen molar-refractivity contribution in [2.24, 2.45) is 5.10 Å². The quantitative estimate of drug-likeness (QED) is 0.0550. The second-order valence-electron chi connectivity index (χ2n) is 9.00. The van der Waals surface area contributed by atoms with E-state index in [1.54, 1.807) is 24.3 Å². The fourth-order valence-electron chi connectivity index (χ4n) is 3.66. The number of esters is 1. The molecule has 0 aliphatic carbocycles. The number of unbranched alkanes of at least 4 members (excludes halogenated alkanes) is 8. The third-order valence-electron chi connectivity index (χ3n) is 5.74. The summed E-state index contributed by atoms with van der Waals surface area (Å²) < 4.78 is 6.19. The third-order valence-corrected chi connectivity index (χ3v) is 6.23. The zero-order valence-electron chi connectivity index (χ0n) is 22.1. The molecular formula is C30H38BrN3O4. The van der Waals surface area contributed by atoms with Gasteiger partial charge in [0, 0.05) is 22.5 Å². The standard InChI is InChI=1S/C30H38BrN3O4/c1-2-3-4-5-6-7-8-9-13-16-28(35)32-23-29(36)34-33-22-25-21-26(31)18-19-27(25)38-30(37)20-17-24-14-11-10-12-15-24/h10-12,14-15,17-22H,2-9,13,16,23H2,1H3,(H,32,35)(H,34,36). The number of hydrogen-bond acceptors (Lipinski definition) is 5. The van der Waals surface area contributed by atoms with Crippen LogP contribution in [0.1, 0.15) is 82.3 Å². The summed E-state index contributed by atoms with van der Waals surface area (Å²) in [6.07, 6.45) is 15.5. The summed E-state index contributed by atoms with van der Waals surface area (Å²) in [6, 6.07) is 14.5. The highest BCUT2D eigenvalue weighted by Crippen LogP contribution is 2.22. The summed E-state index contributed by atoms with van der Waals surface area (Å²) in [5, 5.41) is 6.56. The number of nitrogens with one attached hydrogen (secondary N) is 2. The van der Waals surface area contributed by atoms with Gasteiger partial charge in [-0.15, -0.1) is 0 Å². The molecule has 2 rings (SSSR count). The molecule has 0 saturated heterocycles. The van der Waals surface area contributed by atoms with Crippen LogP contribution in [-0.4, -0.2) is 30.5 Å². The van der Waals surface area contributed by atoms with Crippen molar-refractivity contribution in [3.05, 3.63) is 70.2 Å². The molecule has 0 fully saturated rings. The van der Waals surface area contributed by atoms with Crippen LogP contribution >= 0.6 is 15.9 Å². The molecule has 0 atom stereocenters. The highest BCUT2D eigenvalue weighted by molar-refractivity contribution is 9.10. The first-order chi connectivity index (χ1) is 18.5. The van der Waals surface area contributed by atoms with E-state index in [2.05, 4.69) is 38.7 Å². The first-order valence-corrected chi connectivity index (χ1v) is 14.1. The van der Waals surface area contributed by atoms with Gasteiger partial charge in [-0.1, -0.05) is 105 Å². The van der Waals surface area contributed by atoms with E-state index in [-0.39, 0.29) is 12.5 Å². The third kappa shape index (κ3) is 13.9. The zero-order chi connectivity index (χ0) is 27.4. The minimum atomic E-state index is -0.537. The Bertz CT molecular complexity index is 1070. The van der Waals surface area contributed by atoms with Gasteiger partial charge in [-0.05, 0) is 36.3 Å². The van der Waals surface area contributed by atoms with Gasteiger partial charge in [0.05, 0.1) is 12.8 Å². The number of hydrogen-bond donors (Lipinski definition) is 2. The van der Waals surface area contributed by atoms with Crippen molar-refractivity contribution >= 4 is 46.0 Å². The van der Waals surface area contributed by atoms with Crippen LogP contribution in [0.3, 0.4) is 0 Å². The highest BCUT2D eigenvalue weighted by Gasteiger charge is 2.08. The van der Waals surface area contributed by atoms with E-state index in [0.29, 0.717) is 17.7 Å². The smallest absolute Gasteiger partial charge is 0.336 e. The molecule has 2 amide bonds. The first kappa shape index (κ1) is 31.0.